The Morgan fingerprint density at radius 2 is 1.60 bits per heavy atom. The van der Waals surface area contributed by atoms with E-state index in [0.29, 0.717) is 27.1 Å². The Hall–Kier alpha value is -3.77. The Kier molecular flexibility index (Phi) is 5.00. The number of aromatic amines is 1. The summed E-state index contributed by atoms with van der Waals surface area (Å²) in [6.07, 6.45) is 0. The quantitative estimate of drug-likeness (QED) is 0.226. The lowest BCUT2D eigenvalue weighted by Crippen LogP contribution is -2.28. The predicted molar refractivity (Wildman–Crippen MR) is 120 cm³/mol. The van der Waals surface area contributed by atoms with Gasteiger partial charge in [-0.25, -0.2) is 0 Å². The van der Waals surface area contributed by atoms with Gasteiger partial charge in [0.05, 0.1) is 23.8 Å². The molecule has 1 aliphatic rings. The molecule has 2 heterocycles. The van der Waals surface area contributed by atoms with Crippen molar-refractivity contribution in [2.75, 3.05) is 7.11 Å². The lowest BCUT2D eigenvalue weighted by Gasteiger charge is -2.12. The summed E-state index contributed by atoms with van der Waals surface area (Å²) in [5.41, 5.74) is -4.22. The maximum atomic E-state index is 12.9. The molecule has 35 heavy (non-hydrogen) atoms. The van der Waals surface area contributed by atoms with Crippen molar-refractivity contribution in [1.29, 1.82) is 0 Å². The molecule has 0 atom stereocenters. The summed E-state index contributed by atoms with van der Waals surface area (Å²) in [4.78, 5) is 28.4. The van der Waals surface area contributed by atoms with E-state index in [2.05, 4.69) is 14.5 Å². The molecule has 180 valence electrons. The summed E-state index contributed by atoms with van der Waals surface area (Å²) in [5.74, 6) is -2.37. The average molecular weight is 525 g/mol. The Balaban J connectivity index is 1.83. The zero-order valence-corrected chi connectivity index (χ0v) is 19.0. The van der Waals surface area contributed by atoms with Gasteiger partial charge in [0.25, 0.3) is 11.8 Å². The molecule has 0 saturated carbocycles. The molecule has 8 nitrogen and oxygen atoms in total. The van der Waals surface area contributed by atoms with Gasteiger partial charge in [-0.2, -0.15) is 21.6 Å². The second-order valence-electron chi connectivity index (χ2n) is 7.52. The number of hydrogen-bond acceptors (Lipinski definition) is 6. The van der Waals surface area contributed by atoms with E-state index in [4.69, 9.17) is 16.3 Å². The van der Waals surface area contributed by atoms with E-state index < -0.39 is 33.2 Å². The number of methoxy groups -OCH3 is 1. The number of hydrogen-bond donors (Lipinski definition) is 2. The largest absolute Gasteiger partial charge is 0.534 e. The third kappa shape index (κ3) is 3.48. The number of carbonyl (C=O) groups excluding carboxylic acids is 2. The highest BCUT2D eigenvalue weighted by atomic mass is 35.5. The third-order valence-corrected chi connectivity index (χ3v) is 6.79. The van der Waals surface area contributed by atoms with Gasteiger partial charge in [-0.05, 0) is 23.8 Å². The van der Waals surface area contributed by atoms with Gasteiger partial charge < -0.3 is 13.9 Å². The summed E-state index contributed by atoms with van der Waals surface area (Å²) in [5, 5.41) is 3.16. The number of alkyl halides is 3. The number of benzene rings is 3. The highest BCUT2D eigenvalue weighted by Gasteiger charge is 2.49. The molecule has 1 aromatic heterocycles. The second-order valence-corrected chi connectivity index (χ2v) is 9.46. The summed E-state index contributed by atoms with van der Waals surface area (Å²) >= 11 is 6.32. The van der Waals surface area contributed by atoms with E-state index in [1.807, 2.05) is 0 Å². The minimum atomic E-state index is -5.97. The number of fused-ring (bicyclic) bond motifs is 5. The SMILES string of the molecule is COc1cc2c(cc1OS(=O)(=O)C(F)(F)F)[nH]c1cc(-c3ccccc3Cl)c3c(c12)C(=O)NC3=O. The summed E-state index contributed by atoms with van der Waals surface area (Å²) in [6.45, 7) is 0. The van der Waals surface area contributed by atoms with Crippen molar-refractivity contribution in [3.05, 3.63) is 58.6 Å². The first-order valence-electron chi connectivity index (χ1n) is 9.74. The number of nitrogens with one attached hydrogen (secondary N) is 2. The van der Waals surface area contributed by atoms with Crippen LogP contribution in [0, 0.1) is 0 Å². The minimum Gasteiger partial charge on any atom is -0.493 e. The van der Waals surface area contributed by atoms with Crippen molar-refractivity contribution in [2.24, 2.45) is 0 Å². The number of ether oxygens (including phenoxy) is 1. The smallest absolute Gasteiger partial charge is 0.493 e. The van der Waals surface area contributed by atoms with Gasteiger partial charge in [0.2, 0.25) is 0 Å². The van der Waals surface area contributed by atoms with Crippen molar-refractivity contribution >= 4 is 55.3 Å². The lowest BCUT2D eigenvalue weighted by molar-refractivity contribution is -0.0500. The molecule has 3 aromatic carbocycles. The van der Waals surface area contributed by atoms with Crippen molar-refractivity contribution in [2.45, 2.75) is 5.51 Å². The topological polar surface area (TPSA) is 115 Å². The van der Waals surface area contributed by atoms with Crippen molar-refractivity contribution in [3.8, 4) is 22.6 Å². The monoisotopic (exact) mass is 524 g/mol. The first kappa shape index (κ1) is 23.0. The van der Waals surface area contributed by atoms with Crippen LogP contribution in [0.4, 0.5) is 13.2 Å². The van der Waals surface area contributed by atoms with Crippen LogP contribution in [0.3, 0.4) is 0 Å². The lowest BCUT2D eigenvalue weighted by atomic mass is 9.93. The Bertz CT molecular complexity index is 1700. The maximum absolute atomic E-state index is 12.9. The minimum absolute atomic E-state index is 0.0345. The normalized spacial score (nSPS) is 13.9. The van der Waals surface area contributed by atoms with Gasteiger partial charge in [-0.3, -0.25) is 14.9 Å². The standard InChI is InChI=1S/C22H12ClF3N2O6S/c1-33-15-7-11-13(8-16(15)34-35(31,32)22(24,25)26)27-14-6-10(9-4-2-3-5-12(9)23)18-19(17(11)14)21(30)28-20(18)29/h2-8,27H,1H3,(H,28,29,30). The molecule has 4 aromatic rings. The highest BCUT2D eigenvalue weighted by Crippen LogP contribution is 2.43. The van der Waals surface area contributed by atoms with Crippen LogP contribution in [0.1, 0.15) is 20.7 Å². The number of H-pyrrole nitrogens is 1. The van der Waals surface area contributed by atoms with E-state index >= 15 is 0 Å². The van der Waals surface area contributed by atoms with E-state index in [-0.39, 0.29) is 27.8 Å². The molecule has 0 radical (unpaired) electrons. The number of halogens is 4. The van der Waals surface area contributed by atoms with Crippen molar-refractivity contribution in [1.82, 2.24) is 10.3 Å². The Morgan fingerprint density at radius 3 is 2.26 bits per heavy atom. The van der Waals surface area contributed by atoms with Crippen molar-refractivity contribution in [3.63, 3.8) is 0 Å². The van der Waals surface area contributed by atoms with E-state index in [1.54, 1.807) is 30.3 Å². The number of carbonyl (C=O) groups is 2. The summed E-state index contributed by atoms with van der Waals surface area (Å²) in [7, 11) is -4.86. The Morgan fingerprint density at radius 1 is 0.914 bits per heavy atom. The maximum Gasteiger partial charge on any atom is 0.534 e. The molecule has 0 saturated heterocycles. The molecule has 2 N–H and O–H groups in total. The van der Waals surface area contributed by atoms with Crippen LogP contribution in [0.25, 0.3) is 32.9 Å². The molecule has 2 amide bonds. The molecule has 13 heteroatoms. The van der Waals surface area contributed by atoms with E-state index in [1.165, 1.54) is 6.07 Å². The highest BCUT2D eigenvalue weighted by molar-refractivity contribution is 7.88. The van der Waals surface area contributed by atoms with Gasteiger partial charge >= 0.3 is 15.6 Å². The fourth-order valence-electron chi connectivity index (χ4n) is 4.05. The molecule has 0 aliphatic carbocycles. The molecule has 0 fully saturated rings. The summed E-state index contributed by atoms with van der Waals surface area (Å²) < 4.78 is 71.0. The van der Waals surface area contributed by atoms with Gasteiger partial charge in [-0.1, -0.05) is 29.8 Å². The molecule has 0 spiro atoms. The zero-order chi connectivity index (χ0) is 25.3. The van der Waals surface area contributed by atoms with Crippen LogP contribution in [0.2, 0.25) is 5.02 Å². The average Bonchev–Trinajstić information content (AvgIpc) is 3.27. The Labute approximate surface area is 199 Å². The third-order valence-electron chi connectivity index (χ3n) is 5.50. The molecular formula is C22H12ClF3N2O6S. The van der Waals surface area contributed by atoms with Crippen LogP contribution < -0.4 is 14.2 Å². The summed E-state index contributed by atoms with van der Waals surface area (Å²) in [6, 6.07) is 10.5. The zero-order valence-electron chi connectivity index (χ0n) is 17.4. The molecule has 1 aliphatic heterocycles. The van der Waals surface area contributed by atoms with Gasteiger partial charge in [0.1, 0.15) is 0 Å². The number of aromatic nitrogens is 1. The molecular weight excluding hydrogens is 513 g/mol. The number of imide groups is 1. The fraction of sp³-hybridized carbons (Fsp3) is 0.0909. The van der Waals surface area contributed by atoms with Crippen LogP contribution in [-0.2, 0) is 10.1 Å². The van der Waals surface area contributed by atoms with Crippen LogP contribution in [0.15, 0.2) is 42.5 Å². The number of rotatable bonds is 4. The van der Waals surface area contributed by atoms with E-state index in [0.717, 1.165) is 13.2 Å². The fourth-order valence-corrected chi connectivity index (χ4v) is 4.75. The van der Waals surface area contributed by atoms with Gasteiger partial charge in [0, 0.05) is 32.9 Å². The van der Waals surface area contributed by atoms with Gasteiger partial charge in [0.15, 0.2) is 11.5 Å². The molecule has 0 bridgehead atoms. The van der Waals surface area contributed by atoms with Crippen LogP contribution >= 0.6 is 11.6 Å². The first-order valence-corrected chi connectivity index (χ1v) is 11.5. The van der Waals surface area contributed by atoms with Crippen LogP contribution in [-0.4, -0.2) is 37.8 Å². The molecule has 0 unspecified atom stereocenters. The molecule has 5 rings (SSSR count). The first-order chi connectivity index (χ1) is 16.4. The van der Waals surface area contributed by atoms with E-state index in [9.17, 15) is 31.2 Å². The van der Waals surface area contributed by atoms with Crippen molar-refractivity contribution < 1.29 is 40.1 Å². The van der Waals surface area contributed by atoms with Gasteiger partial charge in [-0.15, -0.1) is 0 Å². The van der Waals surface area contributed by atoms with Crippen LogP contribution in [0.5, 0.6) is 11.5 Å². The second kappa shape index (κ2) is 7.62. The predicted octanol–water partition coefficient (Wildman–Crippen LogP) is 4.76. The number of amides is 2.